The average Bonchev–Trinajstić information content (AvgIpc) is 3.58. The summed E-state index contributed by atoms with van der Waals surface area (Å²) < 4.78 is 27.2. The predicted octanol–water partition coefficient (Wildman–Crippen LogP) is 13.8. The summed E-state index contributed by atoms with van der Waals surface area (Å²) in [5.41, 5.74) is 4.52. The van der Waals surface area contributed by atoms with Gasteiger partial charge in [-0.25, -0.2) is 0 Å². The van der Waals surface area contributed by atoms with Crippen LogP contribution in [0, 0.1) is 28.6 Å². The molecule has 0 aromatic rings. The Hall–Kier alpha value is -0.546. The Labute approximate surface area is 347 Å². The van der Waals surface area contributed by atoms with Crippen LogP contribution in [0.15, 0.2) is 35.5 Å². The summed E-state index contributed by atoms with van der Waals surface area (Å²) in [5, 5.41) is 12.1. The smallest absolute Gasteiger partial charge is 0.192 e. The highest BCUT2D eigenvalue weighted by Crippen LogP contribution is 2.63. The Kier molecular flexibility index (Phi) is 14.8. The van der Waals surface area contributed by atoms with Crippen LogP contribution in [0.5, 0.6) is 0 Å². The van der Waals surface area contributed by atoms with Crippen LogP contribution in [0.4, 0.5) is 0 Å². The number of allylic oxidation sites excluding steroid dienone is 3. The fraction of sp³-hybridized carbons (Fsp3) is 0.878. The lowest BCUT2D eigenvalue weighted by Gasteiger charge is -2.46. The molecule has 0 radical (unpaired) electrons. The minimum Gasteiger partial charge on any atom is -0.413 e. The first-order valence-corrected chi connectivity index (χ1v) is 29.2. The van der Waals surface area contributed by atoms with Crippen LogP contribution in [0.1, 0.15) is 171 Å². The van der Waals surface area contributed by atoms with Crippen LogP contribution < -0.4 is 0 Å². The zero-order valence-corrected chi connectivity index (χ0v) is 40.8. The fourth-order valence-electron chi connectivity index (χ4n) is 11.0. The van der Waals surface area contributed by atoms with E-state index in [0.717, 1.165) is 51.7 Å². The Morgan fingerprint density at radius 2 is 1.52 bits per heavy atom. The molecule has 5 fully saturated rings. The molecule has 4 saturated carbocycles. The van der Waals surface area contributed by atoms with E-state index in [1.807, 2.05) is 0 Å². The summed E-state index contributed by atoms with van der Waals surface area (Å²) in [6, 6.07) is 0. The van der Waals surface area contributed by atoms with Crippen molar-refractivity contribution in [2.24, 2.45) is 28.6 Å². The van der Waals surface area contributed by atoms with E-state index in [-0.39, 0.29) is 45.0 Å². The summed E-state index contributed by atoms with van der Waals surface area (Å²) >= 11 is 0. The van der Waals surface area contributed by atoms with Gasteiger partial charge in [0.15, 0.2) is 22.4 Å². The molecule has 0 aromatic heterocycles. The van der Waals surface area contributed by atoms with Gasteiger partial charge in [-0.3, -0.25) is 0 Å². The highest BCUT2D eigenvalue weighted by Gasteiger charge is 2.62. The van der Waals surface area contributed by atoms with E-state index in [2.05, 4.69) is 101 Å². The third-order valence-electron chi connectivity index (χ3n) is 16.9. The number of hydrogen-bond acceptors (Lipinski definition) is 5. The van der Waals surface area contributed by atoms with Crippen molar-refractivity contribution < 1.29 is 23.4 Å². The second-order valence-electron chi connectivity index (χ2n) is 22.7. The number of aliphatic hydroxyl groups is 1. The third-order valence-corrected chi connectivity index (χ3v) is 26.0. The molecule has 1 saturated heterocycles. The molecule has 0 amide bonds. The molecule has 0 spiro atoms. The summed E-state index contributed by atoms with van der Waals surface area (Å²) in [6.45, 7) is 37.0. The van der Waals surface area contributed by atoms with E-state index in [9.17, 15) is 5.11 Å². The number of ether oxygens (including phenoxy) is 2. The summed E-state index contributed by atoms with van der Waals surface area (Å²) in [6.07, 6.45) is 24.3. The van der Waals surface area contributed by atoms with E-state index in [1.54, 1.807) is 5.57 Å². The largest absolute Gasteiger partial charge is 0.413 e. The number of unbranched alkanes of at least 4 members (excludes halogenated alkanes) is 3. The van der Waals surface area contributed by atoms with Gasteiger partial charge in [-0.1, -0.05) is 112 Å². The average molecular weight is 813 g/mol. The topological polar surface area (TPSA) is 57.2 Å². The standard InChI is InChI=1S/C49H88O5Si2/c1-15-16-17-18-29-49(51-32-33-52-49)48(30-31-48)28-20-22-43(50)37(3)41-25-26-42-38(21-19-27-47(41,42)10)23-24-39-34-40(53-55(11,12)45(4,5)6)35-44(36(39)2)54-56(13,14)46(7,8)9/h23-24,37,40-44,50H,2,15-22,25-35H2,1,3-14H3/b38-23+,39-24-/t37-,40+,41+,42-,43-,44-,47+/m0/s1. The minimum atomic E-state index is -2.01. The van der Waals surface area contributed by atoms with E-state index >= 15 is 0 Å². The summed E-state index contributed by atoms with van der Waals surface area (Å²) in [4.78, 5) is 0. The molecule has 1 heterocycles. The van der Waals surface area contributed by atoms with Crippen LogP contribution in [0.25, 0.3) is 0 Å². The van der Waals surface area contributed by atoms with Crippen LogP contribution in [0.3, 0.4) is 0 Å². The molecule has 5 aliphatic rings. The van der Waals surface area contributed by atoms with Gasteiger partial charge in [0.05, 0.1) is 31.5 Å². The van der Waals surface area contributed by atoms with Crippen molar-refractivity contribution in [2.45, 2.75) is 232 Å². The molecule has 0 aromatic carbocycles. The Morgan fingerprint density at radius 1 is 0.875 bits per heavy atom. The second kappa shape index (κ2) is 17.8. The van der Waals surface area contributed by atoms with E-state index < -0.39 is 16.6 Å². The molecule has 322 valence electrons. The van der Waals surface area contributed by atoms with Crippen molar-refractivity contribution in [1.82, 2.24) is 0 Å². The van der Waals surface area contributed by atoms with Crippen LogP contribution in [0.2, 0.25) is 36.3 Å². The second-order valence-corrected chi connectivity index (χ2v) is 32.2. The van der Waals surface area contributed by atoms with Gasteiger partial charge in [-0.05, 0) is 141 Å². The maximum atomic E-state index is 11.8. The first-order chi connectivity index (χ1) is 26.0. The van der Waals surface area contributed by atoms with Crippen LogP contribution in [-0.2, 0) is 18.3 Å². The molecule has 7 heteroatoms. The molecular formula is C49H88O5Si2. The highest BCUT2D eigenvalue weighted by atomic mass is 28.4. The predicted molar refractivity (Wildman–Crippen MR) is 241 cm³/mol. The number of aliphatic hydroxyl groups excluding tert-OH is 1. The number of fused-ring (bicyclic) bond motifs is 1. The molecular weight excluding hydrogens is 725 g/mol. The molecule has 4 aliphatic carbocycles. The van der Waals surface area contributed by atoms with Gasteiger partial charge >= 0.3 is 0 Å². The highest BCUT2D eigenvalue weighted by molar-refractivity contribution is 6.74. The Bertz CT molecular complexity index is 1390. The SMILES string of the molecule is C=C1/C(=C\C=C2/CCC[C@]3(C)[C@@H]([C@H](C)[C@@H](O)CCCC4(C5(CCCCCC)OCCO5)CC4)CC[C@@H]23)C[C@@H](O[Si](C)(C)C(C)(C)C)C[C@@H]1O[Si](C)(C)C(C)(C)C. The molecule has 5 nitrogen and oxygen atoms in total. The summed E-state index contributed by atoms with van der Waals surface area (Å²) in [7, 11) is -3.97. The lowest BCUT2D eigenvalue weighted by Crippen LogP contribution is -2.49. The molecule has 0 bridgehead atoms. The van der Waals surface area contributed by atoms with Crippen molar-refractivity contribution in [3.05, 3.63) is 35.5 Å². The minimum absolute atomic E-state index is 0.00298. The zero-order valence-electron chi connectivity index (χ0n) is 38.8. The van der Waals surface area contributed by atoms with E-state index in [0.29, 0.717) is 17.8 Å². The Balaban J connectivity index is 1.26. The van der Waals surface area contributed by atoms with Crippen molar-refractivity contribution in [2.75, 3.05) is 13.2 Å². The molecule has 1 N–H and O–H groups in total. The lowest BCUT2D eigenvalue weighted by atomic mass is 9.60. The quantitative estimate of drug-likeness (QED) is 0.117. The third kappa shape index (κ3) is 9.97. The fourth-order valence-corrected chi connectivity index (χ4v) is 13.7. The molecule has 0 unspecified atom stereocenters. The van der Waals surface area contributed by atoms with Crippen molar-refractivity contribution in [1.29, 1.82) is 0 Å². The number of rotatable bonds is 17. The molecule has 7 atom stereocenters. The maximum absolute atomic E-state index is 11.8. The van der Waals surface area contributed by atoms with Gasteiger partial charge in [-0.2, -0.15) is 0 Å². The Morgan fingerprint density at radius 3 is 2.12 bits per heavy atom. The first kappa shape index (κ1) is 46.5. The van der Waals surface area contributed by atoms with E-state index in [4.69, 9.17) is 24.9 Å². The normalized spacial score (nSPS) is 32.2. The number of hydrogen-bond donors (Lipinski definition) is 1. The lowest BCUT2D eigenvalue weighted by molar-refractivity contribution is -0.214. The van der Waals surface area contributed by atoms with E-state index in [1.165, 1.54) is 81.8 Å². The van der Waals surface area contributed by atoms with Gasteiger partial charge in [0, 0.05) is 18.3 Å². The molecule has 1 aliphatic heterocycles. The summed E-state index contributed by atoms with van der Waals surface area (Å²) in [5.74, 6) is 1.07. The molecule has 5 rings (SSSR count). The van der Waals surface area contributed by atoms with Crippen LogP contribution in [-0.4, -0.2) is 59.1 Å². The van der Waals surface area contributed by atoms with Gasteiger partial charge in [0.25, 0.3) is 0 Å². The van der Waals surface area contributed by atoms with Gasteiger partial charge in [0.2, 0.25) is 0 Å². The van der Waals surface area contributed by atoms with Crippen LogP contribution >= 0.6 is 0 Å². The first-order valence-electron chi connectivity index (χ1n) is 23.4. The maximum Gasteiger partial charge on any atom is 0.192 e. The zero-order chi connectivity index (χ0) is 41.4. The van der Waals surface area contributed by atoms with Crippen molar-refractivity contribution >= 4 is 16.6 Å². The molecule has 56 heavy (non-hydrogen) atoms. The van der Waals surface area contributed by atoms with Crippen molar-refractivity contribution in [3.63, 3.8) is 0 Å². The van der Waals surface area contributed by atoms with Gasteiger partial charge < -0.3 is 23.4 Å². The van der Waals surface area contributed by atoms with Crippen molar-refractivity contribution in [3.8, 4) is 0 Å². The monoisotopic (exact) mass is 813 g/mol. The van der Waals surface area contributed by atoms with Gasteiger partial charge in [0.1, 0.15) is 0 Å². The van der Waals surface area contributed by atoms with Gasteiger partial charge in [-0.15, -0.1) is 0 Å².